The van der Waals surface area contributed by atoms with Gasteiger partial charge in [0.05, 0.1) is 0 Å². The Morgan fingerprint density at radius 1 is 1.16 bits per heavy atom. The van der Waals surface area contributed by atoms with E-state index in [1.807, 2.05) is 18.2 Å². The van der Waals surface area contributed by atoms with E-state index in [0.717, 1.165) is 23.4 Å². The van der Waals surface area contributed by atoms with Gasteiger partial charge < -0.3 is 0 Å². The molecule has 0 spiro atoms. The monoisotopic (exact) mass is 280 g/mol. The van der Waals surface area contributed by atoms with Crippen LogP contribution in [0, 0.1) is 0 Å². The Bertz CT molecular complexity index is 577. The number of halogens is 2. The van der Waals surface area contributed by atoms with Crippen LogP contribution in [0.5, 0.6) is 0 Å². The fourth-order valence-electron chi connectivity index (χ4n) is 2.39. The topological polar surface area (TPSA) is 16.1 Å². The fourth-order valence-corrected chi connectivity index (χ4v) is 3.57. The van der Waals surface area contributed by atoms with Gasteiger partial charge in [-0.25, -0.2) is 13.1 Å². The van der Waals surface area contributed by atoms with Crippen molar-refractivity contribution in [2.45, 2.75) is 24.2 Å². The van der Waals surface area contributed by atoms with Gasteiger partial charge in [0.15, 0.2) is 0 Å². The van der Waals surface area contributed by atoms with Crippen LogP contribution in [0.25, 0.3) is 10.8 Å². The van der Waals surface area contributed by atoms with Crippen LogP contribution in [0.1, 0.15) is 24.8 Å². The second kappa shape index (κ2) is 5.43. The number of rotatable bonds is 3. The Morgan fingerprint density at radius 2 is 1.95 bits per heavy atom. The Hall–Kier alpha value is -1.20. The third kappa shape index (κ3) is 2.58. The molecule has 1 saturated heterocycles. The van der Waals surface area contributed by atoms with Gasteiger partial charge in [0.1, 0.15) is 0 Å². The summed E-state index contributed by atoms with van der Waals surface area (Å²) in [5.41, 5.74) is 0.0276. The standard InChI is InChI=1S/C14H14F2N2S/c15-14(16)11-9-17-8-10-4-3-5-12(13(10)11)19-18-6-1-2-7-18/h3-5,8-9,14H,1-2,6-7H2. The second-order valence-electron chi connectivity index (χ2n) is 4.61. The van der Waals surface area contributed by atoms with Crippen molar-refractivity contribution in [2.75, 3.05) is 13.1 Å². The van der Waals surface area contributed by atoms with Crippen molar-refractivity contribution < 1.29 is 8.78 Å². The highest BCUT2D eigenvalue weighted by atomic mass is 32.2. The van der Waals surface area contributed by atoms with Crippen molar-refractivity contribution in [3.8, 4) is 0 Å². The highest BCUT2D eigenvalue weighted by Gasteiger charge is 2.18. The Kier molecular flexibility index (Phi) is 3.66. The van der Waals surface area contributed by atoms with Crippen LogP contribution in [0.4, 0.5) is 8.78 Å². The van der Waals surface area contributed by atoms with Crippen LogP contribution >= 0.6 is 11.9 Å². The molecule has 0 aliphatic carbocycles. The third-order valence-corrected chi connectivity index (χ3v) is 4.46. The van der Waals surface area contributed by atoms with E-state index in [0.29, 0.717) is 5.39 Å². The van der Waals surface area contributed by atoms with Gasteiger partial charge in [-0.3, -0.25) is 4.98 Å². The molecule has 1 aliphatic heterocycles. The zero-order valence-corrected chi connectivity index (χ0v) is 11.2. The number of hydrogen-bond acceptors (Lipinski definition) is 3. The first kappa shape index (κ1) is 12.8. The molecule has 0 unspecified atom stereocenters. The van der Waals surface area contributed by atoms with E-state index in [9.17, 15) is 8.78 Å². The number of benzene rings is 1. The highest BCUT2D eigenvalue weighted by Crippen LogP contribution is 2.36. The van der Waals surface area contributed by atoms with Crippen molar-refractivity contribution >= 4 is 22.7 Å². The van der Waals surface area contributed by atoms with E-state index in [2.05, 4.69) is 9.29 Å². The van der Waals surface area contributed by atoms with Crippen LogP contribution in [0.2, 0.25) is 0 Å². The molecule has 0 radical (unpaired) electrons. The quantitative estimate of drug-likeness (QED) is 0.781. The molecule has 3 rings (SSSR count). The van der Waals surface area contributed by atoms with Crippen molar-refractivity contribution in [3.05, 3.63) is 36.2 Å². The maximum Gasteiger partial charge on any atom is 0.265 e. The molecule has 100 valence electrons. The SMILES string of the molecule is FC(F)c1cncc2cccc(SN3CCCC3)c12. The van der Waals surface area contributed by atoms with Crippen LogP contribution in [-0.2, 0) is 0 Å². The third-order valence-electron chi connectivity index (χ3n) is 3.30. The molecule has 1 aliphatic rings. The highest BCUT2D eigenvalue weighted by molar-refractivity contribution is 7.97. The van der Waals surface area contributed by atoms with Gasteiger partial charge in [-0.05, 0) is 30.9 Å². The molecule has 0 atom stereocenters. The minimum Gasteiger partial charge on any atom is -0.264 e. The average molecular weight is 280 g/mol. The summed E-state index contributed by atoms with van der Waals surface area (Å²) in [6, 6.07) is 5.65. The molecular weight excluding hydrogens is 266 g/mol. The van der Waals surface area contributed by atoms with Crippen LogP contribution in [0.3, 0.4) is 0 Å². The van der Waals surface area contributed by atoms with Crippen LogP contribution < -0.4 is 0 Å². The normalized spacial score (nSPS) is 16.6. The molecule has 1 aromatic heterocycles. The molecule has 0 N–H and O–H groups in total. The lowest BCUT2D eigenvalue weighted by atomic mass is 10.1. The maximum absolute atomic E-state index is 13.1. The summed E-state index contributed by atoms with van der Waals surface area (Å²) in [5.74, 6) is 0. The lowest BCUT2D eigenvalue weighted by Crippen LogP contribution is -2.09. The van der Waals surface area contributed by atoms with Gasteiger partial charge in [0, 0.05) is 46.7 Å². The predicted molar refractivity (Wildman–Crippen MR) is 73.4 cm³/mol. The van der Waals surface area contributed by atoms with Gasteiger partial charge in [0.25, 0.3) is 6.43 Å². The van der Waals surface area contributed by atoms with E-state index in [1.165, 1.54) is 19.0 Å². The maximum atomic E-state index is 13.1. The lowest BCUT2D eigenvalue weighted by molar-refractivity contribution is 0.152. The number of pyridine rings is 1. The molecule has 1 aromatic carbocycles. The summed E-state index contributed by atoms with van der Waals surface area (Å²) < 4.78 is 28.5. The summed E-state index contributed by atoms with van der Waals surface area (Å²) in [4.78, 5) is 4.80. The van der Waals surface area contributed by atoms with E-state index in [-0.39, 0.29) is 5.56 Å². The van der Waals surface area contributed by atoms with Crippen molar-refractivity contribution in [2.24, 2.45) is 0 Å². The molecule has 5 heteroatoms. The average Bonchev–Trinajstić information content (AvgIpc) is 2.91. The molecule has 0 amide bonds. The Balaban J connectivity index is 2.07. The second-order valence-corrected chi connectivity index (χ2v) is 5.75. The molecule has 19 heavy (non-hydrogen) atoms. The summed E-state index contributed by atoms with van der Waals surface area (Å²) in [5, 5.41) is 1.42. The lowest BCUT2D eigenvalue weighted by Gasteiger charge is -2.16. The molecule has 0 bridgehead atoms. The Labute approximate surface area is 115 Å². The molecule has 2 aromatic rings. The van der Waals surface area contributed by atoms with Crippen LogP contribution in [-0.4, -0.2) is 22.4 Å². The minimum atomic E-state index is -2.49. The van der Waals surface area contributed by atoms with Gasteiger partial charge in [-0.1, -0.05) is 12.1 Å². The number of nitrogens with zero attached hydrogens (tertiary/aromatic N) is 2. The number of fused-ring (bicyclic) bond motifs is 1. The summed E-state index contributed by atoms with van der Waals surface area (Å²) in [6.07, 6.45) is 2.80. The van der Waals surface area contributed by atoms with E-state index < -0.39 is 6.43 Å². The molecule has 1 fully saturated rings. The first-order chi connectivity index (χ1) is 9.25. The van der Waals surface area contributed by atoms with Crippen molar-refractivity contribution in [1.29, 1.82) is 0 Å². The number of hydrogen-bond donors (Lipinski definition) is 0. The van der Waals surface area contributed by atoms with E-state index in [1.54, 1.807) is 18.1 Å². The van der Waals surface area contributed by atoms with Crippen LogP contribution in [0.15, 0.2) is 35.5 Å². The van der Waals surface area contributed by atoms with E-state index >= 15 is 0 Å². The number of aromatic nitrogens is 1. The van der Waals surface area contributed by atoms with Gasteiger partial charge >= 0.3 is 0 Å². The minimum absolute atomic E-state index is 0.0276. The molecular formula is C14H14F2N2S. The molecule has 2 nitrogen and oxygen atoms in total. The fraction of sp³-hybridized carbons (Fsp3) is 0.357. The molecule has 2 heterocycles. The first-order valence-corrected chi connectivity index (χ1v) is 7.11. The Morgan fingerprint density at radius 3 is 2.68 bits per heavy atom. The zero-order valence-electron chi connectivity index (χ0n) is 10.4. The van der Waals surface area contributed by atoms with Gasteiger partial charge in [-0.2, -0.15) is 0 Å². The molecule has 0 saturated carbocycles. The summed E-state index contributed by atoms with van der Waals surface area (Å²) in [7, 11) is 0. The smallest absolute Gasteiger partial charge is 0.264 e. The van der Waals surface area contributed by atoms with Gasteiger partial charge in [-0.15, -0.1) is 0 Å². The van der Waals surface area contributed by atoms with Gasteiger partial charge in [0.2, 0.25) is 0 Å². The van der Waals surface area contributed by atoms with E-state index in [4.69, 9.17) is 0 Å². The first-order valence-electron chi connectivity index (χ1n) is 6.33. The van der Waals surface area contributed by atoms with Crippen molar-refractivity contribution in [3.63, 3.8) is 0 Å². The predicted octanol–water partition coefficient (Wildman–Crippen LogP) is 4.28. The zero-order chi connectivity index (χ0) is 13.2. The summed E-state index contributed by atoms with van der Waals surface area (Å²) in [6.45, 7) is 2.05. The number of alkyl halides is 2. The summed E-state index contributed by atoms with van der Waals surface area (Å²) >= 11 is 1.58. The largest absolute Gasteiger partial charge is 0.265 e. The van der Waals surface area contributed by atoms with Crippen molar-refractivity contribution in [1.82, 2.24) is 9.29 Å².